The molecule has 2 aromatic rings. The standard InChI is InChI=1S/C21H23NO4/c1-21(2,3)15-7-9-17(24-4)16(12-15)22-20(23)10-6-14-5-8-18-19(11-14)26-13-25-18/h5-12H,13H2,1-4H3,(H,22,23)/b10-6+. The van der Waals surface area contributed by atoms with E-state index in [9.17, 15) is 4.79 Å². The van der Waals surface area contributed by atoms with Crippen LogP contribution in [0.5, 0.6) is 17.2 Å². The molecule has 136 valence electrons. The average Bonchev–Trinajstić information content (AvgIpc) is 3.07. The van der Waals surface area contributed by atoms with Crippen molar-refractivity contribution in [1.82, 2.24) is 0 Å². The Hall–Kier alpha value is -2.95. The van der Waals surface area contributed by atoms with E-state index in [0.29, 0.717) is 17.2 Å². The van der Waals surface area contributed by atoms with Crippen LogP contribution < -0.4 is 19.5 Å². The number of carbonyl (C=O) groups is 1. The van der Waals surface area contributed by atoms with Crippen molar-refractivity contribution in [2.75, 3.05) is 19.2 Å². The van der Waals surface area contributed by atoms with Crippen LogP contribution in [0.2, 0.25) is 0 Å². The van der Waals surface area contributed by atoms with Crippen molar-refractivity contribution in [2.24, 2.45) is 0 Å². The van der Waals surface area contributed by atoms with E-state index in [1.54, 1.807) is 13.2 Å². The molecule has 0 atom stereocenters. The molecule has 0 saturated heterocycles. The van der Waals surface area contributed by atoms with Crippen LogP contribution in [0, 0.1) is 0 Å². The van der Waals surface area contributed by atoms with Crippen molar-refractivity contribution < 1.29 is 19.0 Å². The summed E-state index contributed by atoms with van der Waals surface area (Å²) in [6.07, 6.45) is 3.22. The van der Waals surface area contributed by atoms with E-state index in [1.807, 2.05) is 36.4 Å². The molecule has 0 bridgehead atoms. The number of hydrogen-bond donors (Lipinski definition) is 1. The number of methoxy groups -OCH3 is 1. The van der Waals surface area contributed by atoms with Crippen LogP contribution in [0.4, 0.5) is 5.69 Å². The van der Waals surface area contributed by atoms with Crippen molar-refractivity contribution in [3.8, 4) is 17.2 Å². The van der Waals surface area contributed by atoms with Crippen LogP contribution in [-0.2, 0) is 10.2 Å². The number of hydrogen-bond acceptors (Lipinski definition) is 4. The minimum atomic E-state index is -0.230. The van der Waals surface area contributed by atoms with Crippen LogP contribution >= 0.6 is 0 Å². The second-order valence-corrected chi connectivity index (χ2v) is 7.10. The average molecular weight is 353 g/mol. The highest BCUT2D eigenvalue weighted by Crippen LogP contribution is 2.33. The Morgan fingerprint density at radius 1 is 1.12 bits per heavy atom. The zero-order valence-electron chi connectivity index (χ0n) is 15.5. The van der Waals surface area contributed by atoms with Gasteiger partial charge in [-0.1, -0.05) is 32.9 Å². The molecule has 0 aromatic heterocycles. The first-order valence-electron chi connectivity index (χ1n) is 8.44. The number of anilines is 1. The Morgan fingerprint density at radius 3 is 2.62 bits per heavy atom. The summed E-state index contributed by atoms with van der Waals surface area (Å²) in [6, 6.07) is 11.4. The number of rotatable bonds is 4. The smallest absolute Gasteiger partial charge is 0.248 e. The van der Waals surface area contributed by atoms with Crippen LogP contribution in [-0.4, -0.2) is 19.8 Å². The zero-order chi connectivity index (χ0) is 18.7. The molecule has 0 aliphatic carbocycles. The summed E-state index contributed by atoms with van der Waals surface area (Å²) in [5.41, 5.74) is 2.61. The number of fused-ring (bicyclic) bond motifs is 1. The lowest BCUT2D eigenvalue weighted by atomic mass is 9.87. The Balaban J connectivity index is 1.75. The Morgan fingerprint density at radius 2 is 1.88 bits per heavy atom. The van der Waals surface area contributed by atoms with E-state index in [1.165, 1.54) is 6.08 Å². The fraction of sp³-hybridized carbons (Fsp3) is 0.286. The van der Waals surface area contributed by atoms with E-state index in [-0.39, 0.29) is 18.1 Å². The molecule has 0 unspecified atom stereocenters. The second kappa shape index (κ2) is 7.12. The second-order valence-electron chi connectivity index (χ2n) is 7.10. The highest BCUT2D eigenvalue weighted by atomic mass is 16.7. The highest BCUT2D eigenvalue weighted by Gasteiger charge is 2.17. The highest BCUT2D eigenvalue weighted by molar-refractivity contribution is 6.02. The predicted molar refractivity (Wildman–Crippen MR) is 102 cm³/mol. The number of carbonyl (C=O) groups excluding carboxylic acids is 1. The van der Waals surface area contributed by atoms with Crippen LogP contribution in [0.25, 0.3) is 6.08 Å². The minimum Gasteiger partial charge on any atom is -0.495 e. The van der Waals surface area contributed by atoms with E-state index in [4.69, 9.17) is 14.2 Å². The third-order valence-electron chi connectivity index (χ3n) is 4.15. The maximum Gasteiger partial charge on any atom is 0.248 e. The van der Waals surface area contributed by atoms with Gasteiger partial charge in [-0.3, -0.25) is 4.79 Å². The molecule has 1 N–H and O–H groups in total. The molecule has 26 heavy (non-hydrogen) atoms. The van der Waals surface area contributed by atoms with Gasteiger partial charge in [0.1, 0.15) is 5.75 Å². The molecule has 1 aliphatic rings. The number of benzene rings is 2. The summed E-state index contributed by atoms with van der Waals surface area (Å²) in [7, 11) is 1.59. The van der Waals surface area contributed by atoms with Gasteiger partial charge in [0.25, 0.3) is 0 Å². The predicted octanol–water partition coefficient (Wildman–Crippen LogP) is 4.37. The van der Waals surface area contributed by atoms with E-state index < -0.39 is 0 Å². The molecule has 0 saturated carbocycles. The lowest BCUT2D eigenvalue weighted by Gasteiger charge is -2.21. The van der Waals surface area contributed by atoms with E-state index in [2.05, 4.69) is 26.1 Å². The van der Waals surface area contributed by atoms with E-state index >= 15 is 0 Å². The van der Waals surface area contributed by atoms with Crippen LogP contribution in [0.3, 0.4) is 0 Å². The SMILES string of the molecule is COc1ccc(C(C)(C)C)cc1NC(=O)/C=C/c1ccc2c(c1)OCO2. The number of ether oxygens (including phenoxy) is 3. The summed E-state index contributed by atoms with van der Waals surface area (Å²) in [5.74, 6) is 1.80. The Bertz CT molecular complexity index is 850. The van der Waals surface area contributed by atoms with Gasteiger partial charge in [-0.15, -0.1) is 0 Å². The molecular formula is C21H23NO4. The fourth-order valence-electron chi connectivity index (χ4n) is 2.64. The van der Waals surface area contributed by atoms with Gasteiger partial charge < -0.3 is 19.5 Å². The maximum atomic E-state index is 12.3. The van der Waals surface area contributed by atoms with E-state index in [0.717, 1.165) is 16.9 Å². The first-order chi connectivity index (χ1) is 12.4. The molecule has 0 spiro atoms. The molecular weight excluding hydrogens is 330 g/mol. The summed E-state index contributed by atoms with van der Waals surface area (Å²) in [4.78, 5) is 12.3. The van der Waals surface area contributed by atoms with Gasteiger partial charge in [0.05, 0.1) is 12.8 Å². The molecule has 2 aromatic carbocycles. The first-order valence-corrected chi connectivity index (χ1v) is 8.44. The lowest BCUT2D eigenvalue weighted by molar-refractivity contribution is -0.111. The normalized spacial score (nSPS) is 13.1. The van der Waals surface area contributed by atoms with Gasteiger partial charge in [0.15, 0.2) is 11.5 Å². The van der Waals surface area contributed by atoms with Gasteiger partial charge in [0, 0.05) is 6.08 Å². The van der Waals surface area contributed by atoms with Crippen molar-refractivity contribution in [3.63, 3.8) is 0 Å². The lowest BCUT2D eigenvalue weighted by Crippen LogP contribution is -2.14. The number of nitrogens with one attached hydrogen (secondary N) is 1. The largest absolute Gasteiger partial charge is 0.495 e. The third kappa shape index (κ3) is 3.99. The molecule has 5 nitrogen and oxygen atoms in total. The Kier molecular flexibility index (Phi) is 4.89. The fourth-order valence-corrected chi connectivity index (χ4v) is 2.64. The van der Waals surface area contributed by atoms with Crippen molar-refractivity contribution >= 4 is 17.7 Å². The molecule has 3 rings (SSSR count). The molecule has 1 heterocycles. The van der Waals surface area contributed by atoms with Crippen molar-refractivity contribution in [1.29, 1.82) is 0 Å². The van der Waals surface area contributed by atoms with Crippen LogP contribution in [0.1, 0.15) is 31.9 Å². The zero-order valence-corrected chi connectivity index (χ0v) is 15.5. The maximum absolute atomic E-state index is 12.3. The minimum absolute atomic E-state index is 0.0198. The summed E-state index contributed by atoms with van der Waals surface area (Å²) in [6.45, 7) is 6.60. The number of amides is 1. The van der Waals surface area contributed by atoms with Crippen LogP contribution in [0.15, 0.2) is 42.5 Å². The quantitative estimate of drug-likeness (QED) is 0.829. The topological polar surface area (TPSA) is 56.8 Å². The molecule has 5 heteroatoms. The van der Waals surface area contributed by atoms with Gasteiger partial charge in [-0.05, 0) is 46.9 Å². The monoisotopic (exact) mass is 353 g/mol. The van der Waals surface area contributed by atoms with Gasteiger partial charge in [-0.25, -0.2) is 0 Å². The van der Waals surface area contributed by atoms with Gasteiger partial charge in [0.2, 0.25) is 12.7 Å². The molecule has 1 amide bonds. The van der Waals surface area contributed by atoms with Gasteiger partial charge >= 0.3 is 0 Å². The molecule has 1 aliphatic heterocycles. The molecule has 0 radical (unpaired) electrons. The summed E-state index contributed by atoms with van der Waals surface area (Å²) >= 11 is 0. The first kappa shape index (κ1) is 17.9. The third-order valence-corrected chi connectivity index (χ3v) is 4.15. The van der Waals surface area contributed by atoms with Crippen molar-refractivity contribution in [3.05, 3.63) is 53.6 Å². The summed E-state index contributed by atoms with van der Waals surface area (Å²) in [5, 5.41) is 2.89. The molecule has 0 fully saturated rings. The van der Waals surface area contributed by atoms with Gasteiger partial charge in [-0.2, -0.15) is 0 Å². The Labute approximate surface area is 153 Å². The summed E-state index contributed by atoms with van der Waals surface area (Å²) < 4.78 is 16.0. The van der Waals surface area contributed by atoms with Crippen molar-refractivity contribution in [2.45, 2.75) is 26.2 Å².